The predicted molar refractivity (Wildman–Crippen MR) is 101 cm³/mol. The number of halogens is 3. The van der Waals surface area contributed by atoms with Crippen LogP contribution in [0, 0.1) is 0 Å². The molecule has 0 aliphatic heterocycles. The Bertz CT molecular complexity index is 1210. The van der Waals surface area contributed by atoms with Crippen LogP contribution >= 0.6 is 0 Å². The number of amides is 1. The zero-order valence-corrected chi connectivity index (χ0v) is 16.4. The molecule has 0 spiro atoms. The maximum atomic E-state index is 13.7. The van der Waals surface area contributed by atoms with Crippen molar-refractivity contribution in [2.24, 2.45) is 12.8 Å². The monoisotopic (exact) mass is 440 g/mol. The Kier molecular flexibility index (Phi) is 5.24. The lowest BCUT2D eigenvalue weighted by molar-refractivity contribution is -0.137. The van der Waals surface area contributed by atoms with Crippen molar-refractivity contribution in [1.29, 1.82) is 0 Å². The van der Waals surface area contributed by atoms with Crippen molar-refractivity contribution in [1.82, 2.24) is 20.2 Å². The Morgan fingerprint density at radius 3 is 2.23 bits per heavy atom. The van der Waals surface area contributed by atoms with Crippen molar-refractivity contribution in [3.05, 3.63) is 53.6 Å². The van der Waals surface area contributed by atoms with Crippen LogP contribution in [0.2, 0.25) is 0 Å². The molecule has 0 saturated carbocycles. The average Bonchev–Trinajstić information content (AvgIpc) is 3.06. The number of carbonyl (C=O) groups is 1. The fourth-order valence-corrected chi connectivity index (χ4v) is 3.85. The number of carbonyl (C=O) groups excluding carboxylic acids is 1. The molecule has 1 heterocycles. The molecule has 0 bridgehead atoms. The summed E-state index contributed by atoms with van der Waals surface area (Å²) in [4.78, 5) is 12.2. The Labute approximate surface area is 169 Å². The number of sulfonamides is 1. The van der Waals surface area contributed by atoms with Crippen LogP contribution < -0.4 is 10.0 Å². The van der Waals surface area contributed by atoms with Crippen molar-refractivity contribution < 1.29 is 26.4 Å². The summed E-state index contributed by atoms with van der Waals surface area (Å²) in [6.45, 7) is 0. The molecular formula is C17H15F3N6O3S. The first-order chi connectivity index (χ1) is 13.9. The molecule has 2 N–H and O–H groups in total. The number of aromatic nitrogens is 4. The first kappa shape index (κ1) is 21.2. The largest absolute Gasteiger partial charge is 0.417 e. The van der Waals surface area contributed by atoms with Gasteiger partial charge in [0.05, 0.1) is 35.8 Å². The Morgan fingerprint density at radius 2 is 1.77 bits per heavy atom. The second kappa shape index (κ2) is 7.40. The molecule has 0 aliphatic carbocycles. The van der Waals surface area contributed by atoms with E-state index in [1.165, 1.54) is 37.4 Å². The molecule has 158 valence electrons. The third kappa shape index (κ3) is 4.10. The molecule has 1 aromatic heterocycles. The molecule has 0 aliphatic rings. The fourth-order valence-electron chi connectivity index (χ4n) is 2.84. The Balaban J connectivity index is 2.33. The van der Waals surface area contributed by atoms with Gasteiger partial charge in [-0.3, -0.25) is 4.79 Å². The second-order valence-electron chi connectivity index (χ2n) is 6.24. The van der Waals surface area contributed by atoms with E-state index in [9.17, 15) is 26.4 Å². The first-order valence-corrected chi connectivity index (χ1v) is 10.1. The molecule has 0 atom stereocenters. The van der Waals surface area contributed by atoms with Gasteiger partial charge < -0.3 is 5.73 Å². The van der Waals surface area contributed by atoms with Crippen molar-refractivity contribution in [2.75, 3.05) is 10.6 Å². The SMILES string of the molecule is Cn1nnc(-c2c(N(c3ccc(C(N)=O)cc3)S(C)(=O)=O)cccc2C(F)(F)F)n1. The Hall–Kier alpha value is -3.48. The fraction of sp³-hybridized carbons (Fsp3) is 0.176. The maximum Gasteiger partial charge on any atom is 0.417 e. The van der Waals surface area contributed by atoms with E-state index < -0.39 is 39.1 Å². The summed E-state index contributed by atoms with van der Waals surface area (Å²) in [6.07, 6.45) is -3.98. The van der Waals surface area contributed by atoms with Gasteiger partial charge in [-0.15, -0.1) is 10.2 Å². The van der Waals surface area contributed by atoms with Gasteiger partial charge in [0.15, 0.2) is 0 Å². The van der Waals surface area contributed by atoms with E-state index in [1.807, 2.05) is 0 Å². The van der Waals surface area contributed by atoms with E-state index in [1.54, 1.807) is 0 Å². The molecule has 0 saturated heterocycles. The molecular weight excluding hydrogens is 425 g/mol. The topological polar surface area (TPSA) is 124 Å². The van der Waals surface area contributed by atoms with Crippen LogP contribution in [-0.4, -0.2) is 40.8 Å². The number of alkyl halides is 3. The van der Waals surface area contributed by atoms with Crippen molar-refractivity contribution in [3.63, 3.8) is 0 Å². The highest BCUT2D eigenvalue weighted by Crippen LogP contribution is 2.43. The molecule has 9 nitrogen and oxygen atoms in total. The van der Waals surface area contributed by atoms with Gasteiger partial charge in [0.25, 0.3) is 0 Å². The summed E-state index contributed by atoms with van der Waals surface area (Å²) in [5.74, 6) is -1.14. The van der Waals surface area contributed by atoms with Gasteiger partial charge in [-0.2, -0.15) is 18.0 Å². The normalized spacial score (nSPS) is 12.0. The third-order valence-electron chi connectivity index (χ3n) is 4.02. The van der Waals surface area contributed by atoms with Crippen LogP contribution in [0.3, 0.4) is 0 Å². The minimum atomic E-state index is -4.82. The number of nitrogens with zero attached hydrogens (tertiary/aromatic N) is 5. The summed E-state index contributed by atoms with van der Waals surface area (Å²) in [5.41, 5.74) is 3.27. The van der Waals surface area contributed by atoms with E-state index in [4.69, 9.17) is 5.73 Å². The van der Waals surface area contributed by atoms with E-state index >= 15 is 0 Å². The number of nitrogens with two attached hydrogens (primary N) is 1. The zero-order chi connectivity index (χ0) is 22.3. The number of hydrogen-bond acceptors (Lipinski definition) is 6. The second-order valence-corrected chi connectivity index (χ2v) is 8.07. The van der Waals surface area contributed by atoms with Crippen molar-refractivity contribution in [3.8, 4) is 11.4 Å². The molecule has 0 unspecified atom stereocenters. The van der Waals surface area contributed by atoms with Crippen LogP contribution in [0.4, 0.5) is 24.5 Å². The van der Waals surface area contributed by atoms with Gasteiger partial charge in [0.1, 0.15) is 0 Å². The lowest BCUT2D eigenvalue weighted by atomic mass is 10.0. The maximum absolute atomic E-state index is 13.7. The van der Waals surface area contributed by atoms with Gasteiger partial charge in [0, 0.05) is 5.56 Å². The van der Waals surface area contributed by atoms with Gasteiger partial charge in [-0.05, 0) is 41.6 Å². The highest BCUT2D eigenvalue weighted by Gasteiger charge is 2.38. The lowest BCUT2D eigenvalue weighted by Gasteiger charge is -2.26. The molecule has 2 aromatic carbocycles. The number of hydrogen-bond donors (Lipinski definition) is 1. The Morgan fingerprint density at radius 1 is 1.13 bits per heavy atom. The first-order valence-electron chi connectivity index (χ1n) is 8.24. The minimum Gasteiger partial charge on any atom is -0.366 e. The van der Waals surface area contributed by atoms with Crippen LogP contribution in [0.5, 0.6) is 0 Å². The minimum absolute atomic E-state index is 0.00744. The van der Waals surface area contributed by atoms with Crippen molar-refractivity contribution in [2.45, 2.75) is 6.18 Å². The molecule has 0 fully saturated rings. The van der Waals surface area contributed by atoms with Gasteiger partial charge in [0.2, 0.25) is 21.8 Å². The predicted octanol–water partition coefficient (Wildman–Crippen LogP) is 2.09. The average molecular weight is 440 g/mol. The van der Waals surface area contributed by atoms with Crippen LogP contribution in [0.1, 0.15) is 15.9 Å². The summed E-state index contributed by atoms with van der Waals surface area (Å²) in [7, 11) is -2.76. The summed E-state index contributed by atoms with van der Waals surface area (Å²) in [6, 6.07) is 8.13. The van der Waals surface area contributed by atoms with Crippen LogP contribution in [-0.2, 0) is 23.2 Å². The zero-order valence-electron chi connectivity index (χ0n) is 15.6. The quantitative estimate of drug-likeness (QED) is 0.648. The standard InChI is InChI=1S/C17H15F3N6O3S/c1-25-23-16(22-24-25)14-12(17(18,19)20)4-3-5-13(14)26(30(2,28)29)11-8-6-10(7-9-11)15(21)27/h3-9H,1-2H3,(H2,21,27). The molecule has 0 radical (unpaired) electrons. The summed E-state index contributed by atoms with van der Waals surface area (Å²) < 4.78 is 67.1. The number of benzene rings is 2. The van der Waals surface area contributed by atoms with E-state index in [0.29, 0.717) is 4.31 Å². The van der Waals surface area contributed by atoms with Gasteiger partial charge in [-0.25, -0.2) is 12.7 Å². The van der Waals surface area contributed by atoms with Crippen molar-refractivity contribution >= 4 is 27.3 Å². The van der Waals surface area contributed by atoms with E-state index in [-0.39, 0.29) is 16.9 Å². The molecule has 30 heavy (non-hydrogen) atoms. The molecule has 13 heteroatoms. The molecule has 1 amide bonds. The number of aryl methyl sites for hydroxylation is 1. The molecule has 3 rings (SSSR count). The summed E-state index contributed by atoms with van der Waals surface area (Å²) >= 11 is 0. The highest BCUT2D eigenvalue weighted by atomic mass is 32.2. The highest BCUT2D eigenvalue weighted by molar-refractivity contribution is 7.92. The van der Waals surface area contributed by atoms with Gasteiger partial charge >= 0.3 is 6.18 Å². The number of rotatable bonds is 5. The number of anilines is 2. The van der Waals surface area contributed by atoms with Gasteiger partial charge in [-0.1, -0.05) is 6.07 Å². The van der Waals surface area contributed by atoms with Crippen LogP contribution in [0.25, 0.3) is 11.4 Å². The number of tetrazole rings is 1. The molecule has 3 aromatic rings. The summed E-state index contributed by atoms with van der Waals surface area (Å²) in [5, 5.41) is 11.0. The van der Waals surface area contributed by atoms with E-state index in [0.717, 1.165) is 23.2 Å². The third-order valence-corrected chi connectivity index (χ3v) is 5.09. The van der Waals surface area contributed by atoms with E-state index in [2.05, 4.69) is 15.4 Å². The van der Waals surface area contributed by atoms with Crippen LogP contribution in [0.15, 0.2) is 42.5 Å². The smallest absolute Gasteiger partial charge is 0.366 e. The lowest BCUT2D eigenvalue weighted by Crippen LogP contribution is -2.26. The number of primary amides is 1.